The third-order valence-electron chi connectivity index (χ3n) is 5.78. The predicted molar refractivity (Wildman–Crippen MR) is 112 cm³/mol. The number of halogens is 1. The molecule has 1 aromatic carbocycles. The van der Waals surface area contributed by atoms with Gasteiger partial charge in [0.15, 0.2) is 0 Å². The average Bonchev–Trinajstić information content (AvgIpc) is 3.10. The molecule has 3 aromatic rings. The van der Waals surface area contributed by atoms with Gasteiger partial charge in [0.25, 0.3) is 0 Å². The summed E-state index contributed by atoms with van der Waals surface area (Å²) in [6.07, 6.45) is 4.46. The van der Waals surface area contributed by atoms with Crippen LogP contribution in [0, 0.1) is 5.82 Å². The number of fused-ring (bicyclic) bond motifs is 1. The molecule has 7 heteroatoms. The van der Waals surface area contributed by atoms with Crippen LogP contribution in [0.5, 0.6) is 0 Å². The molecule has 1 saturated heterocycles. The van der Waals surface area contributed by atoms with Gasteiger partial charge in [0.2, 0.25) is 10.0 Å². The Bertz CT molecular complexity index is 1120. The van der Waals surface area contributed by atoms with Crippen molar-refractivity contribution >= 4 is 21.1 Å². The Hall–Kier alpha value is -2.25. The SMILES string of the molecule is CC(C)(C)c1ccc(S(=O)(=O)N2CCC(c3c[nH]c4ncc(F)cc34)CC2)cc1. The molecule has 2 aromatic heterocycles. The third kappa shape index (κ3) is 3.81. The number of benzene rings is 1. The van der Waals surface area contributed by atoms with Gasteiger partial charge in [-0.05, 0) is 53.5 Å². The first-order valence-corrected chi connectivity index (χ1v) is 11.3. The van der Waals surface area contributed by atoms with Crippen LogP contribution in [-0.2, 0) is 15.4 Å². The molecule has 3 heterocycles. The minimum atomic E-state index is -3.51. The summed E-state index contributed by atoms with van der Waals surface area (Å²) in [6, 6.07) is 8.69. The molecule has 1 aliphatic heterocycles. The van der Waals surface area contributed by atoms with Gasteiger partial charge in [0.1, 0.15) is 11.5 Å². The minimum absolute atomic E-state index is 0.0195. The molecule has 1 N–H and O–H groups in total. The van der Waals surface area contributed by atoms with Crippen LogP contribution in [0.25, 0.3) is 11.0 Å². The summed E-state index contributed by atoms with van der Waals surface area (Å²) in [6.45, 7) is 7.21. The van der Waals surface area contributed by atoms with Crippen molar-refractivity contribution in [2.75, 3.05) is 13.1 Å². The minimum Gasteiger partial charge on any atom is -0.346 e. The second kappa shape index (κ2) is 7.22. The molecular weight excluding hydrogens is 389 g/mol. The van der Waals surface area contributed by atoms with E-state index in [4.69, 9.17) is 0 Å². The molecule has 0 bridgehead atoms. The van der Waals surface area contributed by atoms with Crippen molar-refractivity contribution < 1.29 is 12.8 Å². The van der Waals surface area contributed by atoms with E-state index in [-0.39, 0.29) is 17.2 Å². The molecule has 0 saturated carbocycles. The van der Waals surface area contributed by atoms with Crippen molar-refractivity contribution in [3.63, 3.8) is 0 Å². The summed E-state index contributed by atoms with van der Waals surface area (Å²) in [5.74, 6) is -0.181. The maximum Gasteiger partial charge on any atom is 0.243 e. The van der Waals surface area contributed by atoms with Gasteiger partial charge >= 0.3 is 0 Å². The highest BCUT2D eigenvalue weighted by molar-refractivity contribution is 7.89. The van der Waals surface area contributed by atoms with Gasteiger partial charge in [-0.15, -0.1) is 0 Å². The number of aromatic nitrogens is 2. The Balaban J connectivity index is 1.50. The van der Waals surface area contributed by atoms with E-state index in [1.54, 1.807) is 16.4 Å². The highest BCUT2D eigenvalue weighted by Crippen LogP contribution is 2.34. The average molecular weight is 416 g/mol. The van der Waals surface area contributed by atoms with Crippen LogP contribution in [0.1, 0.15) is 50.7 Å². The molecule has 1 fully saturated rings. The lowest BCUT2D eigenvalue weighted by Gasteiger charge is -2.31. The van der Waals surface area contributed by atoms with Gasteiger partial charge in [0, 0.05) is 24.7 Å². The Morgan fingerprint density at radius 1 is 1.14 bits per heavy atom. The second-order valence-electron chi connectivity index (χ2n) is 8.75. The summed E-state index contributed by atoms with van der Waals surface area (Å²) in [4.78, 5) is 7.50. The molecule has 4 rings (SSSR count). The fourth-order valence-corrected chi connectivity index (χ4v) is 5.49. The van der Waals surface area contributed by atoms with E-state index >= 15 is 0 Å². The van der Waals surface area contributed by atoms with E-state index in [0.717, 1.165) is 16.5 Å². The highest BCUT2D eigenvalue weighted by Gasteiger charge is 2.31. The lowest BCUT2D eigenvalue weighted by molar-refractivity contribution is 0.320. The Kier molecular flexibility index (Phi) is 4.99. The number of sulfonamides is 1. The van der Waals surface area contributed by atoms with E-state index in [2.05, 4.69) is 30.7 Å². The summed E-state index contributed by atoms with van der Waals surface area (Å²) >= 11 is 0. The first-order chi connectivity index (χ1) is 13.7. The molecule has 154 valence electrons. The number of aromatic amines is 1. The molecule has 0 unspecified atom stereocenters. The van der Waals surface area contributed by atoms with E-state index in [0.29, 0.717) is 36.5 Å². The second-order valence-corrected chi connectivity index (χ2v) is 10.7. The number of hydrogen-bond donors (Lipinski definition) is 1. The first-order valence-electron chi connectivity index (χ1n) is 9.89. The first kappa shape index (κ1) is 20.0. The van der Waals surface area contributed by atoms with Crippen molar-refractivity contribution in [1.82, 2.24) is 14.3 Å². The van der Waals surface area contributed by atoms with E-state index in [1.807, 2.05) is 18.3 Å². The van der Waals surface area contributed by atoms with Crippen LogP contribution in [0.3, 0.4) is 0 Å². The summed E-state index contributed by atoms with van der Waals surface area (Å²) < 4.78 is 41.3. The standard InChI is InChI=1S/C22H26FN3O2S/c1-22(2,3)16-4-6-18(7-5-16)29(27,28)26-10-8-15(9-11-26)20-14-25-21-19(20)12-17(23)13-24-21/h4-7,12-15H,8-11H2,1-3H3,(H,24,25). The smallest absolute Gasteiger partial charge is 0.243 e. The fourth-order valence-electron chi connectivity index (χ4n) is 4.02. The molecule has 5 nitrogen and oxygen atoms in total. The van der Waals surface area contributed by atoms with Crippen molar-refractivity contribution in [3.05, 3.63) is 59.7 Å². The van der Waals surface area contributed by atoms with Gasteiger partial charge in [-0.25, -0.2) is 17.8 Å². The van der Waals surface area contributed by atoms with Crippen molar-refractivity contribution in [2.24, 2.45) is 0 Å². The summed E-state index contributed by atoms with van der Waals surface area (Å²) in [5.41, 5.74) is 2.76. The molecule has 1 aliphatic rings. The number of piperidine rings is 1. The normalized spacial score (nSPS) is 17.1. The Labute approximate surface area is 171 Å². The monoisotopic (exact) mass is 415 g/mol. The Morgan fingerprint density at radius 3 is 2.41 bits per heavy atom. The van der Waals surface area contributed by atoms with Gasteiger partial charge in [-0.3, -0.25) is 0 Å². The van der Waals surface area contributed by atoms with Crippen LogP contribution in [-0.4, -0.2) is 35.8 Å². The van der Waals surface area contributed by atoms with Crippen molar-refractivity contribution in [1.29, 1.82) is 0 Å². The Morgan fingerprint density at radius 2 is 1.79 bits per heavy atom. The zero-order chi connectivity index (χ0) is 20.8. The van der Waals surface area contributed by atoms with E-state index in [1.165, 1.54) is 12.3 Å². The van der Waals surface area contributed by atoms with Crippen LogP contribution in [0.4, 0.5) is 4.39 Å². The molecule has 29 heavy (non-hydrogen) atoms. The maximum absolute atomic E-state index is 13.6. The van der Waals surface area contributed by atoms with Crippen LogP contribution < -0.4 is 0 Å². The quantitative estimate of drug-likeness (QED) is 0.682. The molecule has 0 aliphatic carbocycles. The topological polar surface area (TPSA) is 66.1 Å². The number of nitrogens with one attached hydrogen (secondary N) is 1. The molecule has 0 atom stereocenters. The lowest BCUT2D eigenvalue weighted by Crippen LogP contribution is -2.37. The van der Waals surface area contributed by atoms with Gasteiger partial charge in [0.05, 0.1) is 11.1 Å². The van der Waals surface area contributed by atoms with Crippen molar-refractivity contribution in [3.8, 4) is 0 Å². The van der Waals surface area contributed by atoms with Crippen molar-refractivity contribution in [2.45, 2.75) is 49.8 Å². The van der Waals surface area contributed by atoms with Gasteiger partial charge < -0.3 is 4.98 Å². The zero-order valence-electron chi connectivity index (χ0n) is 16.9. The number of H-pyrrole nitrogens is 1. The zero-order valence-corrected chi connectivity index (χ0v) is 17.8. The number of rotatable bonds is 3. The van der Waals surface area contributed by atoms with Gasteiger partial charge in [-0.2, -0.15) is 4.31 Å². The number of hydrogen-bond acceptors (Lipinski definition) is 3. The van der Waals surface area contributed by atoms with Gasteiger partial charge in [-0.1, -0.05) is 32.9 Å². The summed E-state index contributed by atoms with van der Waals surface area (Å²) in [5, 5.41) is 0.782. The third-order valence-corrected chi connectivity index (χ3v) is 7.69. The molecule has 0 radical (unpaired) electrons. The molecular formula is C22H26FN3O2S. The maximum atomic E-state index is 13.6. The fraction of sp³-hybridized carbons (Fsp3) is 0.409. The predicted octanol–water partition coefficient (Wildman–Crippen LogP) is 4.57. The van der Waals surface area contributed by atoms with Crippen LogP contribution >= 0.6 is 0 Å². The molecule has 0 spiro atoms. The van der Waals surface area contributed by atoms with E-state index in [9.17, 15) is 12.8 Å². The lowest BCUT2D eigenvalue weighted by atomic mass is 9.87. The van der Waals surface area contributed by atoms with Crippen LogP contribution in [0.2, 0.25) is 0 Å². The van der Waals surface area contributed by atoms with E-state index < -0.39 is 10.0 Å². The molecule has 0 amide bonds. The van der Waals surface area contributed by atoms with Crippen LogP contribution in [0.15, 0.2) is 47.6 Å². The largest absolute Gasteiger partial charge is 0.346 e. The highest BCUT2D eigenvalue weighted by atomic mass is 32.2. The number of pyridine rings is 1. The number of nitrogens with zero attached hydrogens (tertiary/aromatic N) is 2. The summed E-state index contributed by atoms with van der Waals surface area (Å²) in [7, 11) is -3.51.